The lowest BCUT2D eigenvalue weighted by Gasteiger charge is -2.34. The fourth-order valence-corrected chi connectivity index (χ4v) is 2.76. The van der Waals surface area contributed by atoms with Crippen LogP contribution in [0.4, 0.5) is 0 Å². The highest BCUT2D eigenvalue weighted by atomic mass is 32.1. The second-order valence-electron chi connectivity index (χ2n) is 5.57. The molecule has 1 aliphatic heterocycles. The summed E-state index contributed by atoms with van der Waals surface area (Å²) in [5, 5.41) is 9.76. The molecule has 1 heterocycles. The van der Waals surface area contributed by atoms with Gasteiger partial charge < -0.3 is 10.8 Å². The summed E-state index contributed by atoms with van der Waals surface area (Å²) in [6, 6.07) is 6.16. The first-order chi connectivity index (χ1) is 8.97. The Hall–Kier alpha value is -0.970. The Morgan fingerprint density at radius 1 is 1.53 bits per heavy atom. The van der Waals surface area contributed by atoms with Crippen LogP contribution in [0.15, 0.2) is 18.2 Å². The molecule has 1 aliphatic rings. The summed E-state index contributed by atoms with van der Waals surface area (Å²) in [5.74, 6) is 0.352. The standard InChI is InChI=1S/C15H22N2OS/c1-10-7-12(15(16)19)3-4-13(10)9-17-6-5-14(18)11(2)8-17/h3-4,7,11,14,18H,5-6,8-9H2,1-2H3,(H2,16,19). The summed E-state index contributed by atoms with van der Waals surface area (Å²) in [7, 11) is 0. The Kier molecular flexibility index (Phi) is 4.55. The van der Waals surface area contributed by atoms with Gasteiger partial charge in [-0.1, -0.05) is 31.3 Å². The molecule has 0 bridgehead atoms. The van der Waals surface area contributed by atoms with Crippen molar-refractivity contribution in [3.63, 3.8) is 0 Å². The monoisotopic (exact) mass is 278 g/mol. The summed E-state index contributed by atoms with van der Waals surface area (Å²) >= 11 is 4.99. The van der Waals surface area contributed by atoms with Crippen LogP contribution in [0.1, 0.15) is 30.0 Å². The number of piperidine rings is 1. The van der Waals surface area contributed by atoms with Gasteiger partial charge in [-0.15, -0.1) is 0 Å². The molecule has 104 valence electrons. The molecular formula is C15H22N2OS. The second-order valence-corrected chi connectivity index (χ2v) is 6.01. The van der Waals surface area contributed by atoms with E-state index in [0.717, 1.165) is 31.6 Å². The highest BCUT2D eigenvalue weighted by molar-refractivity contribution is 7.80. The SMILES string of the molecule is Cc1cc(C(N)=S)ccc1CN1CCC(O)C(C)C1. The van der Waals surface area contributed by atoms with E-state index in [-0.39, 0.29) is 6.10 Å². The smallest absolute Gasteiger partial charge is 0.103 e. The lowest BCUT2D eigenvalue weighted by Crippen LogP contribution is -2.41. The molecule has 0 spiro atoms. The van der Waals surface area contributed by atoms with E-state index in [1.165, 1.54) is 11.1 Å². The van der Waals surface area contributed by atoms with Crippen LogP contribution in [0.3, 0.4) is 0 Å². The van der Waals surface area contributed by atoms with Crippen molar-refractivity contribution in [3.05, 3.63) is 34.9 Å². The molecule has 0 amide bonds. The lowest BCUT2D eigenvalue weighted by atomic mass is 9.95. The highest BCUT2D eigenvalue weighted by Gasteiger charge is 2.24. The van der Waals surface area contributed by atoms with Gasteiger partial charge in [-0.2, -0.15) is 0 Å². The van der Waals surface area contributed by atoms with Gasteiger partial charge in [0.2, 0.25) is 0 Å². The van der Waals surface area contributed by atoms with Crippen molar-refractivity contribution < 1.29 is 5.11 Å². The average Bonchev–Trinajstić information content (AvgIpc) is 2.36. The Morgan fingerprint density at radius 3 is 2.84 bits per heavy atom. The number of aliphatic hydroxyl groups excluding tert-OH is 1. The van der Waals surface area contributed by atoms with E-state index in [9.17, 15) is 5.11 Å². The van der Waals surface area contributed by atoms with Crippen LogP contribution in [0.2, 0.25) is 0 Å². The average molecular weight is 278 g/mol. The first-order valence-electron chi connectivity index (χ1n) is 6.77. The molecule has 3 nitrogen and oxygen atoms in total. The van der Waals surface area contributed by atoms with Crippen LogP contribution >= 0.6 is 12.2 Å². The quantitative estimate of drug-likeness (QED) is 0.828. The third kappa shape index (κ3) is 3.53. The molecule has 1 saturated heterocycles. The van der Waals surface area contributed by atoms with Crippen molar-refractivity contribution in [3.8, 4) is 0 Å². The molecule has 1 fully saturated rings. The normalized spacial score (nSPS) is 24.4. The Balaban J connectivity index is 2.05. The Bertz CT molecular complexity index is 475. The van der Waals surface area contributed by atoms with Gasteiger partial charge in [-0.25, -0.2) is 0 Å². The molecule has 0 aliphatic carbocycles. The lowest BCUT2D eigenvalue weighted by molar-refractivity contribution is 0.0319. The molecule has 2 unspecified atom stereocenters. The molecule has 4 heteroatoms. The van der Waals surface area contributed by atoms with Gasteiger partial charge in [0, 0.05) is 25.2 Å². The second kappa shape index (κ2) is 5.99. The summed E-state index contributed by atoms with van der Waals surface area (Å²) in [4.78, 5) is 2.85. The number of nitrogens with two attached hydrogens (primary N) is 1. The number of benzene rings is 1. The minimum absolute atomic E-state index is 0.144. The third-order valence-electron chi connectivity index (χ3n) is 3.97. The van der Waals surface area contributed by atoms with E-state index in [1.54, 1.807) is 0 Å². The molecule has 1 aromatic carbocycles. The molecule has 1 aromatic rings. The zero-order valence-electron chi connectivity index (χ0n) is 11.6. The minimum Gasteiger partial charge on any atom is -0.393 e. The maximum Gasteiger partial charge on any atom is 0.103 e. The number of aliphatic hydroxyl groups is 1. The van der Waals surface area contributed by atoms with Crippen molar-refractivity contribution >= 4 is 17.2 Å². The summed E-state index contributed by atoms with van der Waals surface area (Å²) in [5.41, 5.74) is 9.11. The van der Waals surface area contributed by atoms with Crippen LogP contribution in [0.25, 0.3) is 0 Å². The fraction of sp³-hybridized carbons (Fsp3) is 0.533. The number of rotatable bonds is 3. The summed E-state index contributed by atoms with van der Waals surface area (Å²) < 4.78 is 0. The van der Waals surface area contributed by atoms with Crippen molar-refractivity contribution in [2.45, 2.75) is 32.9 Å². The summed E-state index contributed by atoms with van der Waals surface area (Å²) in [6.45, 7) is 7.05. The summed E-state index contributed by atoms with van der Waals surface area (Å²) in [6.07, 6.45) is 0.722. The Morgan fingerprint density at radius 2 is 2.26 bits per heavy atom. The molecule has 0 radical (unpaired) electrons. The predicted molar refractivity (Wildman–Crippen MR) is 82.1 cm³/mol. The fourth-order valence-electron chi connectivity index (χ4n) is 2.63. The van der Waals surface area contributed by atoms with E-state index >= 15 is 0 Å². The van der Waals surface area contributed by atoms with Crippen LogP contribution in [-0.2, 0) is 6.54 Å². The maximum absolute atomic E-state index is 9.76. The van der Waals surface area contributed by atoms with Gasteiger partial charge in [0.05, 0.1) is 6.10 Å². The first kappa shape index (κ1) is 14.4. The largest absolute Gasteiger partial charge is 0.393 e. The van der Waals surface area contributed by atoms with Crippen molar-refractivity contribution in [2.75, 3.05) is 13.1 Å². The van der Waals surface area contributed by atoms with E-state index in [4.69, 9.17) is 18.0 Å². The van der Waals surface area contributed by atoms with Crippen molar-refractivity contribution in [1.82, 2.24) is 4.90 Å². The zero-order valence-corrected chi connectivity index (χ0v) is 12.4. The zero-order chi connectivity index (χ0) is 14.0. The van der Waals surface area contributed by atoms with Gasteiger partial charge in [-0.05, 0) is 36.5 Å². The number of aryl methyl sites for hydroxylation is 1. The van der Waals surface area contributed by atoms with Gasteiger partial charge in [-0.3, -0.25) is 4.90 Å². The third-order valence-corrected chi connectivity index (χ3v) is 4.20. The van der Waals surface area contributed by atoms with Gasteiger partial charge in [0.25, 0.3) is 0 Å². The van der Waals surface area contributed by atoms with E-state index < -0.39 is 0 Å². The number of nitrogens with zero attached hydrogens (tertiary/aromatic N) is 1. The predicted octanol–water partition coefficient (Wildman–Crippen LogP) is 1.83. The first-order valence-corrected chi connectivity index (χ1v) is 7.18. The van der Waals surface area contributed by atoms with E-state index in [0.29, 0.717) is 10.9 Å². The number of thiocarbonyl (C=S) groups is 1. The molecule has 0 aromatic heterocycles. The minimum atomic E-state index is -0.144. The Labute approximate surface area is 120 Å². The van der Waals surface area contributed by atoms with Crippen molar-refractivity contribution in [2.24, 2.45) is 11.7 Å². The van der Waals surface area contributed by atoms with Gasteiger partial charge in [0.15, 0.2) is 0 Å². The molecular weight excluding hydrogens is 256 g/mol. The van der Waals surface area contributed by atoms with Crippen LogP contribution in [0, 0.1) is 12.8 Å². The molecule has 2 rings (SSSR count). The number of likely N-dealkylation sites (tertiary alicyclic amines) is 1. The van der Waals surface area contributed by atoms with Crippen LogP contribution < -0.4 is 5.73 Å². The van der Waals surface area contributed by atoms with E-state index in [1.807, 2.05) is 6.07 Å². The molecule has 2 atom stereocenters. The van der Waals surface area contributed by atoms with E-state index in [2.05, 4.69) is 30.9 Å². The molecule has 3 N–H and O–H groups in total. The topological polar surface area (TPSA) is 49.5 Å². The highest BCUT2D eigenvalue weighted by Crippen LogP contribution is 2.20. The van der Waals surface area contributed by atoms with Gasteiger partial charge in [0.1, 0.15) is 4.99 Å². The number of hydrogen-bond acceptors (Lipinski definition) is 3. The molecule has 19 heavy (non-hydrogen) atoms. The number of hydrogen-bond donors (Lipinski definition) is 2. The van der Waals surface area contributed by atoms with Gasteiger partial charge >= 0.3 is 0 Å². The van der Waals surface area contributed by atoms with Crippen LogP contribution in [-0.4, -0.2) is 34.2 Å². The maximum atomic E-state index is 9.76. The van der Waals surface area contributed by atoms with Crippen molar-refractivity contribution in [1.29, 1.82) is 0 Å². The van der Waals surface area contributed by atoms with Crippen LogP contribution in [0.5, 0.6) is 0 Å². The molecule has 0 saturated carbocycles.